The Morgan fingerprint density at radius 3 is 2.61 bits per heavy atom. The first-order valence-corrected chi connectivity index (χ1v) is 17.4. The van der Waals surface area contributed by atoms with Crippen LogP contribution in [-0.4, -0.2) is 122 Å². The van der Waals surface area contributed by atoms with Crippen LogP contribution < -0.4 is 9.46 Å². The Balaban J connectivity index is 1.93. The molecule has 0 saturated carbocycles. The number of aliphatic hydroxyl groups excluding tert-OH is 1. The van der Waals surface area contributed by atoms with E-state index in [4.69, 9.17) is 9.47 Å². The van der Waals surface area contributed by atoms with Crippen LogP contribution >= 0.6 is 0 Å². The van der Waals surface area contributed by atoms with E-state index in [0.717, 1.165) is 25.8 Å². The van der Waals surface area contributed by atoms with Crippen LogP contribution in [0, 0.1) is 5.92 Å². The maximum Gasteiger partial charge on any atom is 0.280 e. The van der Waals surface area contributed by atoms with Gasteiger partial charge in [0.15, 0.2) is 5.03 Å². The molecular weight excluding hydrogens is 612 g/mol. The molecule has 46 heavy (non-hydrogen) atoms. The zero-order valence-electron chi connectivity index (χ0n) is 28.3. The average Bonchev–Trinajstić information content (AvgIpc) is 3.45. The van der Waals surface area contributed by atoms with Gasteiger partial charge >= 0.3 is 0 Å². The van der Waals surface area contributed by atoms with Gasteiger partial charge in [-0.05, 0) is 78.4 Å². The van der Waals surface area contributed by atoms with Crippen LogP contribution in [-0.2, 0) is 26.6 Å². The summed E-state index contributed by atoms with van der Waals surface area (Å²) < 4.78 is 42.7. The van der Waals surface area contributed by atoms with Crippen molar-refractivity contribution in [3.63, 3.8) is 0 Å². The molecule has 0 radical (unpaired) electrons. The van der Waals surface area contributed by atoms with Gasteiger partial charge in [-0.1, -0.05) is 6.92 Å². The number of ether oxygens (including phenoxy) is 2. The topological polar surface area (TPSA) is 147 Å². The lowest BCUT2D eigenvalue weighted by Crippen LogP contribution is -2.48. The number of nitrogens with one attached hydrogen (secondary N) is 1. The summed E-state index contributed by atoms with van der Waals surface area (Å²) >= 11 is 0. The maximum absolute atomic E-state index is 14.3. The van der Waals surface area contributed by atoms with Crippen molar-refractivity contribution in [2.45, 2.75) is 76.2 Å². The molecule has 0 bridgehead atoms. The Labute approximate surface area is 273 Å². The number of aliphatic hydroxyl groups is 1. The van der Waals surface area contributed by atoms with E-state index in [2.05, 4.69) is 9.71 Å². The fourth-order valence-electron chi connectivity index (χ4n) is 5.29. The molecular formula is C32H52N6O7S. The molecule has 2 amide bonds. The van der Waals surface area contributed by atoms with Gasteiger partial charge in [-0.2, -0.15) is 8.42 Å². The number of rotatable bonds is 11. The maximum atomic E-state index is 14.3. The minimum Gasteiger partial charge on any atom is -0.490 e. The molecule has 1 aliphatic rings. The predicted octanol–water partition coefficient (Wildman–Crippen LogP) is 2.82. The highest BCUT2D eigenvalue weighted by Gasteiger charge is 2.31. The Morgan fingerprint density at radius 1 is 1.22 bits per heavy atom. The summed E-state index contributed by atoms with van der Waals surface area (Å²) in [6, 6.07) is 4.06. The first kappa shape index (κ1) is 37.3. The number of sulfonamides is 1. The van der Waals surface area contributed by atoms with Crippen LogP contribution in [0.4, 0.5) is 5.69 Å². The van der Waals surface area contributed by atoms with E-state index in [1.165, 1.54) is 23.2 Å². The number of benzene rings is 1. The monoisotopic (exact) mass is 664 g/mol. The van der Waals surface area contributed by atoms with Crippen molar-refractivity contribution < 1.29 is 32.6 Å². The standard InChI is InChI=1S/C32H52N6O7S/c1-23-18-38(24(2)21-39)32(41)27-17-26(34-46(42,43)30-20-36(6)22-33-30)13-14-28(27)45-25(3)11-8-9-16-44-29(23)19-37(7)31(40)12-10-15-35(4)5/h13-14,17,20,22-25,29,34,39H,8-12,15-16,18-19,21H2,1-7H3/t23-,24+,25+,29+/m1/s1. The number of amides is 2. The van der Waals surface area contributed by atoms with Crippen molar-refractivity contribution in [2.75, 3.05) is 58.7 Å². The first-order valence-electron chi connectivity index (χ1n) is 16.0. The third-order valence-corrected chi connectivity index (χ3v) is 9.40. The van der Waals surface area contributed by atoms with Crippen molar-refractivity contribution >= 4 is 27.5 Å². The summed E-state index contributed by atoms with van der Waals surface area (Å²) in [6.45, 7) is 7.29. The van der Waals surface area contributed by atoms with Gasteiger partial charge < -0.3 is 33.8 Å². The summed E-state index contributed by atoms with van der Waals surface area (Å²) in [5.74, 6) is -0.256. The molecule has 14 heteroatoms. The number of imidazole rings is 1. The Hall–Kier alpha value is -3.20. The summed E-state index contributed by atoms with van der Waals surface area (Å²) in [7, 11) is 3.39. The molecule has 0 spiro atoms. The van der Waals surface area contributed by atoms with Gasteiger partial charge in [0, 0.05) is 58.0 Å². The molecule has 0 aliphatic carbocycles. The van der Waals surface area contributed by atoms with Crippen LogP contribution in [0.2, 0.25) is 0 Å². The number of likely N-dealkylation sites (N-methyl/N-ethyl adjacent to an activating group) is 1. The van der Waals surface area contributed by atoms with Crippen LogP contribution in [0.3, 0.4) is 0 Å². The Morgan fingerprint density at radius 2 is 1.96 bits per heavy atom. The number of nitrogens with zero attached hydrogens (tertiary/aromatic N) is 5. The third kappa shape index (κ3) is 10.7. The van der Waals surface area contributed by atoms with Gasteiger partial charge in [-0.25, -0.2) is 4.98 Å². The van der Waals surface area contributed by atoms with Crippen LogP contribution in [0.25, 0.3) is 0 Å². The van der Waals surface area contributed by atoms with Crippen molar-refractivity contribution in [2.24, 2.45) is 13.0 Å². The summed E-state index contributed by atoms with van der Waals surface area (Å²) in [5, 5.41) is 10.0. The van der Waals surface area contributed by atoms with Gasteiger partial charge in [0.1, 0.15) is 5.75 Å². The highest BCUT2D eigenvalue weighted by molar-refractivity contribution is 7.92. The number of aryl methyl sites for hydroxylation is 1. The van der Waals surface area contributed by atoms with Crippen molar-refractivity contribution in [1.29, 1.82) is 0 Å². The lowest BCUT2D eigenvalue weighted by molar-refractivity contribution is -0.132. The second kappa shape index (κ2) is 17.1. The van der Waals surface area contributed by atoms with Crippen molar-refractivity contribution in [3.8, 4) is 5.75 Å². The molecule has 0 saturated heterocycles. The predicted molar refractivity (Wildman–Crippen MR) is 176 cm³/mol. The lowest BCUT2D eigenvalue weighted by Gasteiger charge is -2.36. The molecule has 4 atom stereocenters. The molecule has 1 aliphatic heterocycles. The SMILES string of the molecule is C[C@@H]1CN([C@@H](C)CO)C(=O)c2cc(NS(=O)(=O)c3cn(C)cn3)ccc2O[C@@H](C)CCCCO[C@H]1CN(C)C(=O)CCCN(C)C. The van der Waals surface area contributed by atoms with E-state index >= 15 is 0 Å². The molecule has 1 aromatic carbocycles. The highest BCUT2D eigenvalue weighted by atomic mass is 32.2. The average molecular weight is 665 g/mol. The number of carbonyl (C=O) groups is 2. The first-order chi connectivity index (χ1) is 21.7. The van der Waals surface area contributed by atoms with Crippen molar-refractivity contribution in [1.82, 2.24) is 24.3 Å². The normalized spacial score (nSPS) is 20.8. The minimum absolute atomic E-state index is 0.0364. The number of hydrogen-bond donors (Lipinski definition) is 2. The number of carbonyl (C=O) groups excluding carboxylic acids is 2. The molecule has 0 unspecified atom stereocenters. The van der Waals surface area contributed by atoms with E-state index in [9.17, 15) is 23.1 Å². The zero-order valence-corrected chi connectivity index (χ0v) is 29.1. The molecule has 1 aromatic heterocycles. The summed E-state index contributed by atoms with van der Waals surface area (Å²) in [5.41, 5.74) is 0.346. The van der Waals surface area contributed by atoms with Crippen LogP contribution in [0.5, 0.6) is 5.75 Å². The highest BCUT2D eigenvalue weighted by Crippen LogP contribution is 2.29. The quantitative estimate of drug-likeness (QED) is 0.370. The molecule has 2 aromatic rings. The third-order valence-electron chi connectivity index (χ3n) is 8.14. The minimum atomic E-state index is -4.01. The second-order valence-corrected chi connectivity index (χ2v) is 14.3. The number of anilines is 1. The number of aromatic nitrogens is 2. The fourth-order valence-corrected chi connectivity index (χ4v) is 6.33. The summed E-state index contributed by atoms with van der Waals surface area (Å²) in [6.07, 6.45) is 5.74. The van der Waals surface area contributed by atoms with Gasteiger partial charge in [-0.15, -0.1) is 0 Å². The largest absolute Gasteiger partial charge is 0.490 e. The van der Waals surface area contributed by atoms with Gasteiger partial charge in [-0.3, -0.25) is 14.3 Å². The smallest absolute Gasteiger partial charge is 0.280 e. The van der Waals surface area contributed by atoms with Crippen LogP contribution in [0.1, 0.15) is 63.2 Å². The van der Waals surface area contributed by atoms with Gasteiger partial charge in [0.2, 0.25) is 5.91 Å². The van der Waals surface area contributed by atoms with E-state index in [-0.39, 0.29) is 53.5 Å². The second-order valence-electron chi connectivity index (χ2n) is 12.7. The Kier molecular flexibility index (Phi) is 13.8. The molecule has 258 valence electrons. The van der Waals surface area contributed by atoms with Gasteiger partial charge in [0.05, 0.1) is 36.7 Å². The van der Waals surface area contributed by atoms with Gasteiger partial charge in [0.25, 0.3) is 15.9 Å². The molecule has 2 N–H and O–H groups in total. The van der Waals surface area contributed by atoms with Crippen molar-refractivity contribution in [3.05, 3.63) is 36.3 Å². The Bertz CT molecular complexity index is 1400. The van der Waals surface area contributed by atoms with E-state index in [0.29, 0.717) is 31.7 Å². The molecule has 0 fully saturated rings. The number of hydrogen-bond acceptors (Lipinski definition) is 9. The molecule has 13 nitrogen and oxygen atoms in total. The van der Waals surface area contributed by atoms with E-state index in [1.54, 1.807) is 43.0 Å². The molecule has 3 rings (SSSR count). The zero-order chi connectivity index (χ0) is 34.0. The van der Waals surface area contributed by atoms with E-state index in [1.807, 2.05) is 32.8 Å². The van der Waals surface area contributed by atoms with Crippen LogP contribution in [0.15, 0.2) is 35.7 Å². The number of fused-ring (bicyclic) bond motifs is 1. The molecule has 2 heterocycles. The fraction of sp³-hybridized carbons (Fsp3) is 0.656. The summed E-state index contributed by atoms with van der Waals surface area (Å²) in [4.78, 5) is 36.5. The lowest BCUT2D eigenvalue weighted by atomic mass is 10.0. The van der Waals surface area contributed by atoms with E-state index < -0.39 is 22.0 Å².